The number of nitrogens with one attached hydrogen (secondary N) is 2. The van der Waals surface area contributed by atoms with Crippen molar-refractivity contribution >= 4 is 29.1 Å². The van der Waals surface area contributed by atoms with Crippen molar-refractivity contribution in [2.45, 2.75) is 26.7 Å². The number of benzene rings is 2. The van der Waals surface area contributed by atoms with E-state index in [9.17, 15) is 14.4 Å². The Balaban J connectivity index is 1.88. The summed E-state index contributed by atoms with van der Waals surface area (Å²) in [5.74, 6) is -0.262. The first-order chi connectivity index (χ1) is 14.8. The second-order valence-corrected chi connectivity index (χ2v) is 7.55. The Morgan fingerprint density at radius 2 is 1.23 bits per heavy atom. The smallest absolute Gasteiger partial charge is 0.253 e. The molecule has 0 atom stereocenters. The van der Waals surface area contributed by atoms with Crippen molar-refractivity contribution in [1.82, 2.24) is 9.80 Å². The molecule has 3 amide bonds. The summed E-state index contributed by atoms with van der Waals surface area (Å²) in [5, 5.41) is 5.85. The van der Waals surface area contributed by atoms with E-state index in [1.165, 1.54) is 4.90 Å². The second kappa shape index (κ2) is 11.7. The first kappa shape index (κ1) is 23.9. The van der Waals surface area contributed by atoms with Gasteiger partial charge in [0.15, 0.2) is 0 Å². The zero-order chi connectivity index (χ0) is 22.8. The fourth-order valence-corrected chi connectivity index (χ4v) is 3.11. The topological polar surface area (TPSA) is 81.8 Å². The maximum atomic E-state index is 12.6. The van der Waals surface area contributed by atoms with Gasteiger partial charge in [-0.15, -0.1) is 0 Å². The largest absolute Gasteiger partial charge is 0.376 e. The van der Waals surface area contributed by atoms with Crippen molar-refractivity contribution in [3.63, 3.8) is 0 Å². The summed E-state index contributed by atoms with van der Waals surface area (Å²) in [6.45, 7) is 5.70. The third-order valence-corrected chi connectivity index (χ3v) is 4.68. The van der Waals surface area contributed by atoms with Gasteiger partial charge in [-0.1, -0.05) is 13.8 Å². The van der Waals surface area contributed by atoms with Crippen molar-refractivity contribution in [3.05, 3.63) is 59.7 Å². The summed E-state index contributed by atoms with van der Waals surface area (Å²) in [5.41, 5.74) is 2.59. The molecule has 0 heterocycles. The van der Waals surface area contributed by atoms with Crippen LogP contribution in [0.3, 0.4) is 0 Å². The standard InChI is InChI=1S/C24H32N4O3/c1-5-15-28(16-6-2)24(31)19-7-11-20(12-8-19)25-17-22(29)26-21-13-9-18(10-14-21)23(30)27(3)4/h7-14,25H,5-6,15-17H2,1-4H3,(H,26,29). The Hall–Kier alpha value is -3.35. The summed E-state index contributed by atoms with van der Waals surface area (Å²) in [6, 6.07) is 13.9. The SMILES string of the molecule is CCCN(CCC)C(=O)c1ccc(NCC(=O)Nc2ccc(C(=O)N(C)C)cc2)cc1. The second-order valence-electron chi connectivity index (χ2n) is 7.55. The normalized spacial score (nSPS) is 10.3. The molecular formula is C24H32N4O3. The van der Waals surface area contributed by atoms with E-state index in [2.05, 4.69) is 24.5 Å². The van der Waals surface area contributed by atoms with Crippen molar-refractivity contribution in [2.24, 2.45) is 0 Å². The van der Waals surface area contributed by atoms with Gasteiger partial charge in [0, 0.05) is 49.7 Å². The highest BCUT2D eigenvalue weighted by Crippen LogP contribution is 2.13. The molecule has 7 heteroatoms. The lowest BCUT2D eigenvalue weighted by molar-refractivity contribution is -0.114. The van der Waals surface area contributed by atoms with E-state index in [0.717, 1.165) is 31.6 Å². The number of carbonyl (C=O) groups is 3. The van der Waals surface area contributed by atoms with Gasteiger partial charge in [0.25, 0.3) is 11.8 Å². The minimum atomic E-state index is -0.205. The van der Waals surface area contributed by atoms with E-state index < -0.39 is 0 Å². The van der Waals surface area contributed by atoms with Crippen LogP contribution >= 0.6 is 0 Å². The van der Waals surface area contributed by atoms with E-state index in [4.69, 9.17) is 0 Å². The van der Waals surface area contributed by atoms with E-state index in [1.54, 1.807) is 62.6 Å². The molecule has 0 saturated heterocycles. The Kier molecular flexibility index (Phi) is 9.06. The zero-order valence-corrected chi connectivity index (χ0v) is 18.8. The monoisotopic (exact) mass is 424 g/mol. The summed E-state index contributed by atoms with van der Waals surface area (Å²) in [7, 11) is 3.39. The number of hydrogen-bond acceptors (Lipinski definition) is 4. The molecule has 0 bridgehead atoms. The first-order valence-corrected chi connectivity index (χ1v) is 10.6. The number of nitrogens with zero attached hydrogens (tertiary/aromatic N) is 2. The lowest BCUT2D eigenvalue weighted by Crippen LogP contribution is -2.32. The van der Waals surface area contributed by atoms with Crippen LogP contribution in [0, 0.1) is 0 Å². The van der Waals surface area contributed by atoms with Gasteiger partial charge in [0.1, 0.15) is 0 Å². The number of hydrogen-bond donors (Lipinski definition) is 2. The quantitative estimate of drug-likeness (QED) is 0.609. The molecule has 0 aliphatic rings. The molecule has 2 aromatic carbocycles. The van der Waals surface area contributed by atoms with Gasteiger partial charge in [-0.2, -0.15) is 0 Å². The Labute approximate surface area is 184 Å². The number of carbonyl (C=O) groups excluding carboxylic acids is 3. The Morgan fingerprint density at radius 1 is 0.742 bits per heavy atom. The average Bonchev–Trinajstić information content (AvgIpc) is 2.77. The molecule has 31 heavy (non-hydrogen) atoms. The minimum absolute atomic E-state index is 0.0317. The first-order valence-electron chi connectivity index (χ1n) is 10.6. The molecule has 0 aliphatic heterocycles. The van der Waals surface area contributed by atoms with E-state index in [0.29, 0.717) is 16.8 Å². The molecular weight excluding hydrogens is 392 g/mol. The molecule has 0 unspecified atom stereocenters. The van der Waals surface area contributed by atoms with Gasteiger partial charge >= 0.3 is 0 Å². The molecule has 0 radical (unpaired) electrons. The maximum absolute atomic E-state index is 12.6. The Morgan fingerprint density at radius 3 is 1.71 bits per heavy atom. The highest BCUT2D eigenvalue weighted by Gasteiger charge is 2.14. The number of rotatable bonds is 10. The van der Waals surface area contributed by atoms with Crippen molar-refractivity contribution < 1.29 is 14.4 Å². The van der Waals surface area contributed by atoms with E-state index in [-0.39, 0.29) is 24.3 Å². The van der Waals surface area contributed by atoms with Gasteiger partial charge < -0.3 is 20.4 Å². The molecule has 7 nitrogen and oxygen atoms in total. The van der Waals surface area contributed by atoms with Gasteiger partial charge in [-0.05, 0) is 61.4 Å². The molecule has 0 aromatic heterocycles. The highest BCUT2D eigenvalue weighted by atomic mass is 16.2. The van der Waals surface area contributed by atoms with Crippen LogP contribution in [0.25, 0.3) is 0 Å². The van der Waals surface area contributed by atoms with Crippen molar-refractivity contribution in [2.75, 3.05) is 44.4 Å². The lowest BCUT2D eigenvalue weighted by atomic mass is 10.1. The summed E-state index contributed by atoms with van der Waals surface area (Å²) in [6.07, 6.45) is 1.85. The summed E-state index contributed by atoms with van der Waals surface area (Å²) >= 11 is 0. The molecule has 0 aliphatic carbocycles. The van der Waals surface area contributed by atoms with Gasteiger partial charge in [0.2, 0.25) is 5.91 Å². The van der Waals surface area contributed by atoms with E-state index >= 15 is 0 Å². The molecule has 0 spiro atoms. The third-order valence-electron chi connectivity index (χ3n) is 4.68. The molecule has 2 aromatic rings. The van der Waals surface area contributed by atoms with Crippen LogP contribution < -0.4 is 10.6 Å². The summed E-state index contributed by atoms with van der Waals surface area (Å²) < 4.78 is 0. The van der Waals surface area contributed by atoms with Crippen molar-refractivity contribution in [3.8, 4) is 0 Å². The van der Waals surface area contributed by atoms with Gasteiger partial charge in [-0.3, -0.25) is 14.4 Å². The number of anilines is 2. The fourth-order valence-electron chi connectivity index (χ4n) is 3.11. The van der Waals surface area contributed by atoms with Crippen LogP contribution in [0.1, 0.15) is 47.4 Å². The molecule has 0 saturated carbocycles. The Bertz CT molecular complexity index is 871. The maximum Gasteiger partial charge on any atom is 0.253 e. The minimum Gasteiger partial charge on any atom is -0.376 e. The zero-order valence-electron chi connectivity index (χ0n) is 18.8. The molecule has 2 rings (SSSR count). The van der Waals surface area contributed by atoms with Crippen LogP contribution in [-0.4, -0.2) is 61.3 Å². The molecule has 2 N–H and O–H groups in total. The molecule has 0 fully saturated rings. The van der Waals surface area contributed by atoms with Crippen LogP contribution in [-0.2, 0) is 4.79 Å². The predicted octanol–water partition coefficient (Wildman–Crippen LogP) is 3.70. The van der Waals surface area contributed by atoms with Crippen LogP contribution in [0.15, 0.2) is 48.5 Å². The molecule has 166 valence electrons. The average molecular weight is 425 g/mol. The summed E-state index contributed by atoms with van der Waals surface area (Å²) in [4.78, 5) is 40.1. The van der Waals surface area contributed by atoms with Crippen LogP contribution in [0.2, 0.25) is 0 Å². The van der Waals surface area contributed by atoms with E-state index in [1.807, 2.05) is 4.90 Å². The third kappa shape index (κ3) is 7.13. The van der Waals surface area contributed by atoms with Crippen LogP contribution in [0.5, 0.6) is 0 Å². The lowest BCUT2D eigenvalue weighted by Gasteiger charge is -2.21. The van der Waals surface area contributed by atoms with Crippen LogP contribution in [0.4, 0.5) is 11.4 Å². The highest BCUT2D eigenvalue weighted by molar-refractivity contribution is 5.97. The number of amides is 3. The van der Waals surface area contributed by atoms with Gasteiger partial charge in [0.05, 0.1) is 6.54 Å². The van der Waals surface area contributed by atoms with Crippen molar-refractivity contribution in [1.29, 1.82) is 0 Å². The predicted molar refractivity (Wildman–Crippen MR) is 125 cm³/mol. The van der Waals surface area contributed by atoms with Gasteiger partial charge in [-0.25, -0.2) is 0 Å². The fraction of sp³-hybridized carbons (Fsp3) is 0.375.